The van der Waals surface area contributed by atoms with Crippen LogP contribution in [0.15, 0.2) is 22.7 Å². The fourth-order valence-corrected chi connectivity index (χ4v) is 2.12. The fourth-order valence-electron chi connectivity index (χ4n) is 1.76. The van der Waals surface area contributed by atoms with Gasteiger partial charge in [0.15, 0.2) is 0 Å². The zero-order valence-corrected chi connectivity index (χ0v) is 12.8. The molecular formula is C13H16BrF3N2O. The Hall–Kier alpha value is -1.24. The van der Waals surface area contributed by atoms with Gasteiger partial charge in [0.25, 0.3) is 5.91 Å². The Morgan fingerprint density at radius 1 is 1.40 bits per heavy atom. The Bertz CT molecular complexity index is 489. The predicted octanol–water partition coefficient (Wildman–Crippen LogP) is 3.69. The van der Waals surface area contributed by atoms with Crippen molar-refractivity contribution in [3.8, 4) is 0 Å². The highest BCUT2D eigenvalue weighted by molar-refractivity contribution is 9.10. The van der Waals surface area contributed by atoms with Crippen LogP contribution in [-0.4, -0.2) is 30.1 Å². The first kappa shape index (κ1) is 16.8. The molecule has 0 aliphatic carbocycles. The lowest BCUT2D eigenvalue weighted by atomic mass is 10.1. The number of rotatable bonds is 4. The first-order chi connectivity index (χ1) is 9.10. The van der Waals surface area contributed by atoms with E-state index < -0.39 is 18.6 Å². The number of hydrogen-bond acceptors (Lipinski definition) is 2. The first-order valence-electron chi connectivity index (χ1n) is 6.01. The molecule has 1 aromatic carbocycles. The number of carbonyl (C=O) groups is 1. The van der Waals surface area contributed by atoms with E-state index >= 15 is 0 Å². The van der Waals surface area contributed by atoms with Gasteiger partial charge in [-0.2, -0.15) is 13.2 Å². The second-order valence-electron chi connectivity index (χ2n) is 4.93. The molecule has 0 aromatic heterocycles. The quantitative estimate of drug-likeness (QED) is 0.840. The number of nitrogen functional groups attached to an aromatic ring is 1. The molecule has 2 N–H and O–H groups in total. The number of amides is 1. The number of anilines is 1. The average molecular weight is 353 g/mol. The van der Waals surface area contributed by atoms with Crippen molar-refractivity contribution in [2.45, 2.75) is 20.0 Å². The summed E-state index contributed by atoms with van der Waals surface area (Å²) < 4.78 is 38.3. The van der Waals surface area contributed by atoms with Crippen molar-refractivity contribution in [3.63, 3.8) is 0 Å². The summed E-state index contributed by atoms with van der Waals surface area (Å²) in [6, 6.07) is 4.54. The Labute approximate surface area is 124 Å². The minimum Gasteiger partial charge on any atom is -0.398 e. The Morgan fingerprint density at radius 3 is 2.50 bits per heavy atom. The molecule has 3 nitrogen and oxygen atoms in total. The highest BCUT2D eigenvalue weighted by Gasteiger charge is 2.34. The maximum absolute atomic E-state index is 12.6. The van der Waals surface area contributed by atoms with Crippen LogP contribution in [0, 0.1) is 5.92 Å². The van der Waals surface area contributed by atoms with Gasteiger partial charge in [0.05, 0.1) is 5.56 Å². The second kappa shape index (κ2) is 6.47. The largest absolute Gasteiger partial charge is 0.406 e. The van der Waals surface area contributed by atoms with Crippen molar-refractivity contribution >= 4 is 27.5 Å². The van der Waals surface area contributed by atoms with Gasteiger partial charge in [-0.15, -0.1) is 0 Å². The van der Waals surface area contributed by atoms with E-state index in [9.17, 15) is 18.0 Å². The summed E-state index contributed by atoms with van der Waals surface area (Å²) in [5.41, 5.74) is 5.91. The monoisotopic (exact) mass is 352 g/mol. The van der Waals surface area contributed by atoms with Crippen LogP contribution in [0.3, 0.4) is 0 Å². The summed E-state index contributed by atoms with van der Waals surface area (Å²) in [6.07, 6.45) is -4.44. The van der Waals surface area contributed by atoms with Crippen molar-refractivity contribution in [1.29, 1.82) is 0 Å². The van der Waals surface area contributed by atoms with Crippen LogP contribution < -0.4 is 5.73 Å². The fraction of sp³-hybridized carbons (Fsp3) is 0.462. The van der Waals surface area contributed by atoms with E-state index in [0.717, 1.165) is 4.90 Å². The molecule has 0 spiro atoms. The van der Waals surface area contributed by atoms with Crippen molar-refractivity contribution < 1.29 is 18.0 Å². The maximum Gasteiger partial charge on any atom is 0.406 e. The van der Waals surface area contributed by atoms with Crippen molar-refractivity contribution in [2.24, 2.45) is 5.92 Å². The predicted molar refractivity (Wildman–Crippen MR) is 75.4 cm³/mol. The van der Waals surface area contributed by atoms with Crippen molar-refractivity contribution in [2.75, 3.05) is 18.8 Å². The minimum atomic E-state index is -4.44. The van der Waals surface area contributed by atoms with Gasteiger partial charge in [0, 0.05) is 16.7 Å². The number of nitrogens with zero attached hydrogens (tertiary/aromatic N) is 1. The molecule has 1 amide bonds. The number of halogens is 4. The highest BCUT2D eigenvalue weighted by Crippen LogP contribution is 2.23. The molecule has 0 bridgehead atoms. The van der Waals surface area contributed by atoms with E-state index in [2.05, 4.69) is 15.9 Å². The van der Waals surface area contributed by atoms with Gasteiger partial charge < -0.3 is 10.6 Å². The van der Waals surface area contributed by atoms with E-state index in [1.165, 1.54) is 12.1 Å². The zero-order chi connectivity index (χ0) is 15.5. The Kier molecular flexibility index (Phi) is 5.44. The molecule has 1 rings (SSSR count). The van der Waals surface area contributed by atoms with Crippen LogP contribution in [0.4, 0.5) is 18.9 Å². The summed E-state index contributed by atoms with van der Waals surface area (Å²) in [7, 11) is 0. The van der Waals surface area contributed by atoms with Gasteiger partial charge in [-0.25, -0.2) is 0 Å². The molecule has 0 heterocycles. The van der Waals surface area contributed by atoms with Crippen LogP contribution in [0.2, 0.25) is 0 Å². The lowest BCUT2D eigenvalue weighted by Gasteiger charge is -2.26. The highest BCUT2D eigenvalue weighted by atomic mass is 79.9. The van der Waals surface area contributed by atoms with Crippen LogP contribution in [0.5, 0.6) is 0 Å². The number of nitrogens with two attached hydrogens (primary N) is 1. The third kappa shape index (κ3) is 5.03. The molecule has 20 heavy (non-hydrogen) atoms. The molecule has 0 aliphatic rings. The van der Waals surface area contributed by atoms with Crippen molar-refractivity contribution in [1.82, 2.24) is 4.90 Å². The standard InChI is InChI=1S/C13H16BrF3N2O/c1-8(2)6-19(7-13(15,16)17)12(20)10-5-9(14)3-4-11(10)18/h3-5,8H,6-7,18H2,1-2H3. The second-order valence-corrected chi connectivity index (χ2v) is 5.84. The van der Waals surface area contributed by atoms with E-state index in [1.54, 1.807) is 19.9 Å². The summed E-state index contributed by atoms with van der Waals surface area (Å²) in [4.78, 5) is 13.0. The van der Waals surface area contributed by atoms with Crippen LogP contribution in [0.25, 0.3) is 0 Å². The molecule has 0 atom stereocenters. The minimum absolute atomic E-state index is 0.0182. The summed E-state index contributed by atoms with van der Waals surface area (Å²) in [5, 5.41) is 0. The smallest absolute Gasteiger partial charge is 0.398 e. The van der Waals surface area contributed by atoms with E-state index in [4.69, 9.17) is 5.73 Å². The average Bonchev–Trinajstić information content (AvgIpc) is 2.28. The number of benzene rings is 1. The van der Waals surface area contributed by atoms with Gasteiger partial charge >= 0.3 is 6.18 Å². The number of alkyl halides is 3. The summed E-state index contributed by atoms with van der Waals surface area (Å²) in [5.74, 6) is -0.787. The molecule has 0 saturated heterocycles. The molecule has 7 heteroatoms. The van der Waals surface area contributed by atoms with Crippen LogP contribution in [-0.2, 0) is 0 Å². The molecule has 0 unspecified atom stereocenters. The Balaban J connectivity index is 3.06. The lowest BCUT2D eigenvalue weighted by molar-refractivity contribution is -0.141. The molecule has 0 aliphatic heterocycles. The molecular weight excluding hydrogens is 337 g/mol. The molecule has 112 valence electrons. The van der Waals surface area contributed by atoms with E-state index in [1.807, 2.05) is 0 Å². The third-order valence-electron chi connectivity index (χ3n) is 2.49. The van der Waals surface area contributed by atoms with E-state index in [0.29, 0.717) is 4.47 Å². The third-order valence-corrected chi connectivity index (χ3v) is 2.98. The topological polar surface area (TPSA) is 46.3 Å². The van der Waals surface area contributed by atoms with Gasteiger partial charge in [0.2, 0.25) is 0 Å². The summed E-state index contributed by atoms with van der Waals surface area (Å²) >= 11 is 3.18. The Morgan fingerprint density at radius 2 is 2.00 bits per heavy atom. The van der Waals surface area contributed by atoms with Gasteiger partial charge in [-0.05, 0) is 24.1 Å². The lowest BCUT2D eigenvalue weighted by Crippen LogP contribution is -2.41. The van der Waals surface area contributed by atoms with Gasteiger partial charge in [-0.3, -0.25) is 4.79 Å². The molecule has 1 aromatic rings. The zero-order valence-electron chi connectivity index (χ0n) is 11.2. The van der Waals surface area contributed by atoms with Crippen LogP contribution in [0.1, 0.15) is 24.2 Å². The number of hydrogen-bond donors (Lipinski definition) is 1. The molecule has 0 saturated carbocycles. The molecule has 0 fully saturated rings. The van der Waals surface area contributed by atoms with E-state index in [-0.39, 0.29) is 23.7 Å². The first-order valence-corrected chi connectivity index (χ1v) is 6.80. The number of carbonyl (C=O) groups excluding carboxylic acids is 1. The van der Waals surface area contributed by atoms with Gasteiger partial charge in [-0.1, -0.05) is 29.8 Å². The summed E-state index contributed by atoms with van der Waals surface area (Å²) in [6.45, 7) is 2.24. The molecule has 0 radical (unpaired) electrons. The van der Waals surface area contributed by atoms with Gasteiger partial charge in [0.1, 0.15) is 6.54 Å². The normalized spacial score (nSPS) is 11.8. The maximum atomic E-state index is 12.6. The van der Waals surface area contributed by atoms with Crippen molar-refractivity contribution in [3.05, 3.63) is 28.2 Å². The van der Waals surface area contributed by atoms with Crippen LogP contribution >= 0.6 is 15.9 Å². The SMILES string of the molecule is CC(C)CN(CC(F)(F)F)C(=O)c1cc(Br)ccc1N.